The molecule has 2 atom stereocenters. The lowest BCUT2D eigenvalue weighted by atomic mass is 10.1. The predicted octanol–water partition coefficient (Wildman–Crippen LogP) is 0.296. The van der Waals surface area contributed by atoms with Crippen LogP contribution in [-0.4, -0.2) is 58.0 Å². The molecule has 0 spiro atoms. The van der Waals surface area contributed by atoms with Crippen LogP contribution in [0, 0.1) is 0 Å². The van der Waals surface area contributed by atoms with Crippen LogP contribution in [0.5, 0.6) is 0 Å². The minimum absolute atomic E-state index is 0.234. The first-order valence-corrected chi connectivity index (χ1v) is 7.42. The van der Waals surface area contributed by atoms with Gasteiger partial charge in [-0.3, -0.25) is 14.8 Å². The number of hydrogen-bond acceptors (Lipinski definition) is 5. The third kappa shape index (κ3) is 6.69. The summed E-state index contributed by atoms with van der Waals surface area (Å²) in [6.45, 7) is 0.234. The Balaban J connectivity index is 0.000000412. The molecule has 1 aromatic carbocycles. The number of amides is 2. The Labute approximate surface area is 146 Å². The van der Waals surface area contributed by atoms with Gasteiger partial charge in [0.25, 0.3) is 5.91 Å². The van der Waals surface area contributed by atoms with Crippen molar-refractivity contribution in [2.75, 3.05) is 6.54 Å². The lowest BCUT2D eigenvalue weighted by molar-refractivity contribution is -0.192. The first-order chi connectivity index (χ1) is 12.0. The summed E-state index contributed by atoms with van der Waals surface area (Å²) in [5.74, 6) is -3.62. The summed E-state index contributed by atoms with van der Waals surface area (Å²) < 4.78 is 31.7. The number of nitrogens with zero attached hydrogens (tertiary/aromatic N) is 1. The molecule has 0 bridgehead atoms. The first kappa shape index (κ1) is 21.4. The molecule has 1 fully saturated rings. The average molecular weight is 377 g/mol. The third-order valence-corrected chi connectivity index (χ3v) is 3.38. The number of nitrogens with one attached hydrogen (secondary N) is 1. The van der Waals surface area contributed by atoms with E-state index in [-0.39, 0.29) is 12.5 Å². The number of rotatable bonds is 4. The summed E-state index contributed by atoms with van der Waals surface area (Å²) in [6.07, 6.45) is -4.27. The van der Waals surface area contributed by atoms with Gasteiger partial charge in [0.15, 0.2) is 0 Å². The number of carbonyl (C=O) groups is 3. The quantitative estimate of drug-likeness (QED) is 0.558. The number of hydrogen-bond donors (Lipinski definition) is 4. The van der Waals surface area contributed by atoms with Gasteiger partial charge in [0.1, 0.15) is 6.04 Å². The van der Waals surface area contributed by atoms with Crippen LogP contribution in [-0.2, 0) is 20.8 Å². The van der Waals surface area contributed by atoms with Gasteiger partial charge in [-0.25, -0.2) is 9.86 Å². The van der Waals surface area contributed by atoms with Crippen molar-refractivity contribution in [1.82, 2.24) is 10.4 Å². The van der Waals surface area contributed by atoms with E-state index in [0.29, 0.717) is 17.9 Å². The van der Waals surface area contributed by atoms with Crippen molar-refractivity contribution >= 4 is 17.8 Å². The van der Waals surface area contributed by atoms with Crippen molar-refractivity contribution in [3.63, 3.8) is 0 Å². The second kappa shape index (κ2) is 9.15. The molecule has 11 heteroatoms. The third-order valence-electron chi connectivity index (χ3n) is 3.38. The molecule has 0 aliphatic carbocycles. The summed E-state index contributed by atoms with van der Waals surface area (Å²) in [5, 5.41) is 19.5. The van der Waals surface area contributed by atoms with E-state index < -0.39 is 30.1 Å². The maximum atomic E-state index is 11.9. The van der Waals surface area contributed by atoms with E-state index in [2.05, 4.69) is 5.32 Å². The van der Waals surface area contributed by atoms with Crippen LogP contribution in [0.3, 0.4) is 0 Å². The fraction of sp³-hybridized carbons (Fsp3) is 0.400. The normalized spacial score (nSPS) is 18.0. The van der Waals surface area contributed by atoms with Crippen molar-refractivity contribution < 1.29 is 37.9 Å². The molecule has 0 unspecified atom stereocenters. The van der Waals surface area contributed by atoms with Crippen LogP contribution in [0.1, 0.15) is 12.0 Å². The standard InChI is InChI=1S/C13H17N3O3.C2HF3O2/c14-10(8-9-4-2-1-3-5-9)12(17)15-11-6-7-16(19)13(11)18;3-2(4,5)1(6)7/h1-5,10-11,19H,6-8,14H2,(H,15,17);(H,6,7)/t10-,11+;/m0./s1. The second-order valence-electron chi connectivity index (χ2n) is 5.41. The van der Waals surface area contributed by atoms with Crippen LogP contribution in [0.15, 0.2) is 30.3 Å². The Morgan fingerprint density at radius 3 is 2.27 bits per heavy atom. The summed E-state index contributed by atoms with van der Waals surface area (Å²) in [6, 6.07) is 8.06. The lowest BCUT2D eigenvalue weighted by Crippen LogP contribution is -2.48. The topological polar surface area (TPSA) is 133 Å². The van der Waals surface area contributed by atoms with E-state index in [1.54, 1.807) is 0 Å². The van der Waals surface area contributed by atoms with Gasteiger partial charge in [0.2, 0.25) is 5.91 Å². The molecule has 2 amide bonds. The van der Waals surface area contributed by atoms with E-state index in [0.717, 1.165) is 5.56 Å². The van der Waals surface area contributed by atoms with Gasteiger partial charge in [-0.05, 0) is 18.4 Å². The maximum Gasteiger partial charge on any atom is 0.490 e. The number of aliphatic carboxylic acids is 1. The van der Waals surface area contributed by atoms with E-state index in [1.807, 2.05) is 30.3 Å². The molecule has 1 aromatic rings. The molecule has 8 nitrogen and oxygen atoms in total. The zero-order chi connectivity index (χ0) is 19.9. The number of carboxylic acid groups (broad SMARTS) is 1. The number of hydroxylamine groups is 2. The molecule has 0 saturated carbocycles. The summed E-state index contributed by atoms with van der Waals surface area (Å²) >= 11 is 0. The Morgan fingerprint density at radius 1 is 1.31 bits per heavy atom. The monoisotopic (exact) mass is 377 g/mol. The highest BCUT2D eigenvalue weighted by Crippen LogP contribution is 2.13. The van der Waals surface area contributed by atoms with Crippen molar-refractivity contribution in [2.24, 2.45) is 5.73 Å². The SMILES string of the molecule is N[C@@H](Cc1ccccc1)C(=O)N[C@@H]1CCN(O)C1=O.O=C(O)C(F)(F)F. The van der Waals surface area contributed by atoms with Gasteiger partial charge in [0.05, 0.1) is 12.6 Å². The number of benzene rings is 1. The number of nitrogens with two attached hydrogens (primary N) is 1. The maximum absolute atomic E-state index is 11.9. The highest BCUT2D eigenvalue weighted by Gasteiger charge is 2.38. The van der Waals surface area contributed by atoms with Gasteiger partial charge >= 0.3 is 12.1 Å². The molecular weight excluding hydrogens is 359 g/mol. The molecule has 144 valence electrons. The molecule has 0 radical (unpaired) electrons. The van der Waals surface area contributed by atoms with E-state index >= 15 is 0 Å². The van der Waals surface area contributed by atoms with Crippen LogP contribution in [0.4, 0.5) is 13.2 Å². The van der Waals surface area contributed by atoms with Crippen LogP contribution in [0.25, 0.3) is 0 Å². The molecule has 1 saturated heterocycles. The largest absolute Gasteiger partial charge is 0.490 e. The van der Waals surface area contributed by atoms with E-state index in [9.17, 15) is 22.8 Å². The zero-order valence-corrected chi connectivity index (χ0v) is 13.4. The zero-order valence-electron chi connectivity index (χ0n) is 13.4. The Hall–Kier alpha value is -2.66. The molecule has 1 aliphatic rings. The van der Waals surface area contributed by atoms with Crippen LogP contribution >= 0.6 is 0 Å². The van der Waals surface area contributed by atoms with Crippen molar-refractivity contribution in [3.8, 4) is 0 Å². The number of halogens is 3. The Bertz CT molecular complexity index is 639. The molecule has 1 aliphatic heterocycles. The average Bonchev–Trinajstić information content (AvgIpc) is 2.87. The minimum Gasteiger partial charge on any atom is -0.475 e. The molecular formula is C15H18F3N3O5. The second-order valence-corrected chi connectivity index (χ2v) is 5.41. The van der Waals surface area contributed by atoms with Gasteiger partial charge in [-0.15, -0.1) is 0 Å². The fourth-order valence-electron chi connectivity index (χ4n) is 2.04. The smallest absolute Gasteiger partial charge is 0.475 e. The molecule has 5 N–H and O–H groups in total. The van der Waals surface area contributed by atoms with Gasteiger partial charge < -0.3 is 16.2 Å². The highest BCUT2D eigenvalue weighted by atomic mass is 19.4. The number of carboxylic acids is 1. The number of alkyl halides is 3. The van der Waals surface area contributed by atoms with Crippen molar-refractivity contribution in [3.05, 3.63) is 35.9 Å². The van der Waals surface area contributed by atoms with Gasteiger partial charge in [0, 0.05) is 0 Å². The van der Waals surface area contributed by atoms with Crippen molar-refractivity contribution in [1.29, 1.82) is 0 Å². The van der Waals surface area contributed by atoms with Gasteiger partial charge in [-0.2, -0.15) is 13.2 Å². The first-order valence-electron chi connectivity index (χ1n) is 7.42. The fourth-order valence-corrected chi connectivity index (χ4v) is 2.04. The molecule has 0 aromatic heterocycles. The predicted molar refractivity (Wildman–Crippen MR) is 81.9 cm³/mol. The van der Waals surface area contributed by atoms with E-state index in [4.69, 9.17) is 20.8 Å². The van der Waals surface area contributed by atoms with Crippen LogP contribution < -0.4 is 11.1 Å². The van der Waals surface area contributed by atoms with E-state index in [1.165, 1.54) is 0 Å². The Kier molecular flexibility index (Phi) is 7.53. The lowest BCUT2D eigenvalue weighted by Gasteiger charge is -2.15. The van der Waals surface area contributed by atoms with Crippen LogP contribution in [0.2, 0.25) is 0 Å². The van der Waals surface area contributed by atoms with Crippen molar-refractivity contribution in [2.45, 2.75) is 31.1 Å². The highest BCUT2D eigenvalue weighted by molar-refractivity contribution is 5.90. The Morgan fingerprint density at radius 2 is 1.85 bits per heavy atom. The van der Waals surface area contributed by atoms with Gasteiger partial charge in [-0.1, -0.05) is 30.3 Å². The molecule has 1 heterocycles. The number of carbonyl (C=O) groups excluding carboxylic acids is 2. The summed E-state index contributed by atoms with van der Waals surface area (Å²) in [5.41, 5.74) is 6.77. The summed E-state index contributed by atoms with van der Waals surface area (Å²) in [7, 11) is 0. The summed E-state index contributed by atoms with van der Waals surface area (Å²) in [4.78, 5) is 32.2. The molecule has 2 rings (SSSR count). The minimum atomic E-state index is -5.08. The molecule has 26 heavy (non-hydrogen) atoms.